The lowest BCUT2D eigenvalue weighted by atomic mass is 10.2. The molecular weight excluding hydrogens is 302 g/mol. The van der Waals surface area contributed by atoms with Crippen LogP contribution in [0.3, 0.4) is 0 Å². The van der Waals surface area contributed by atoms with Crippen molar-refractivity contribution >= 4 is 23.5 Å². The van der Waals surface area contributed by atoms with E-state index in [0.29, 0.717) is 13.1 Å². The van der Waals surface area contributed by atoms with Crippen LogP contribution in [0.15, 0.2) is 24.3 Å². The van der Waals surface area contributed by atoms with Crippen LogP contribution in [0.2, 0.25) is 0 Å². The van der Waals surface area contributed by atoms with E-state index < -0.39 is 4.92 Å². The molecule has 0 aliphatic rings. The molecule has 0 aliphatic carbocycles. The minimum absolute atomic E-state index is 0.0573. The Morgan fingerprint density at radius 3 is 2.55 bits per heavy atom. The number of carbonyl (C=O) groups excluding carboxylic acids is 1. The molecule has 1 N–H and O–H groups in total. The number of nitro benzene ring substituents is 1. The Bertz CT molecular complexity index is 493. The smallest absolute Gasteiger partial charge is 0.317 e. The second-order valence-electron chi connectivity index (χ2n) is 5.07. The van der Waals surface area contributed by atoms with Crippen molar-refractivity contribution in [1.29, 1.82) is 0 Å². The fraction of sp³-hybridized carbons (Fsp3) is 0.533. The van der Waals surface area contributed by atoms with Gasteiger partial charge in [0, 0.05) is 31.3 Å². The Balaban J connectivity index is 2.59. The molecule has 22 heavy (non-hydrogen) atoms. The number of nitrogens with one attached hydrogen (secondary N) is 1. The van der Waals surface area contributed by atoms with Gasteiger partial charge in [0.05, 0.1) is 4.92 Å². The van der Waals surface area contributed by atoms with Gasteiger partial charge in [0.15, 0.2) is 0 Å². The van der Waals surface area contributed by atoms with Crippen LogP contribution >= 0.6 is 11.8 Å². The standard InChI is InChI=1S/C15H23N3O3S/c1-4-17(15(19)16-12(2)9-10-22-3)11-13-5-7-14(8-6-13)18(20)21/h5-8,12H,4,9-11H2,1-3H3,(H,16,19). The SMILES string of the molecule is CCN(Cc1ccc([N+](=O)[O-])cc1)C(=O)NC(C)CCSC. The number of urea groups is 1. The molecule has 0 bridgehead atoms. The highest BCUT2D eigenvalue weighted by atomic mass is 32.2. The van der Waals surface area contributed by atoms with Crippen molar-refractivity contribution < 1.29 is 9.72 Å². The lowest BCUT2D eigenvalue weighted by molar-refractivity contribution is -0.384. The zero-order chi connectivity index (χ0) is 16.5. The van der Waals surface area contributed by atoms with Gasteiger partial charge in [-0.05, 0) is 37.8 Å². The minimum atomic E-state index is -0.429. The van der Waals surface area contributed by atoms with Crippen LogP contribution in [0, 0.1) is 10.1 Å². The Hall–Kier alpha value is -1.76. The molecule has 6 nitrogen and oxygen atoms in total. The molecule has 122 valence electrons. The summed E-state index contributed by atoms with van der Waals surface area (Å²) in [6, 6.07) is 6.32. The number of benzene rings is 1. The van der Waals surface area contributed by atoms with Gasteiger partial charge < -0.3 is 10.2 Å². The maximum atomic E-state index is 12.2. The molecule has 0 saturated carbocycles. The molecule has 0 saturated heterocycles. The molecule has 0 aromatic heterocycles. The van der Waals surface area contributed by atoms with Crippen LogP contribution in [-0.4, -0.2) is 40.4 Å². The van der Waals surface area contributed by atoms with Gasteiger partial charge in [-0.15, -0.1) is 0 Å². The minimum Gasteiger partial charge on any atom is -0.335 e. The van der Waals surface area contributed by atoms with Crippen LogP contribution in [0.25, 0.3) is 0 Å². The van der Waals surface area contributed by atoms with E-state index in [4.69, 9.17) is 0 Å². The molecule has 0 spiro atoms. The average Bonchev–Trinajstić information content (AvgIpc) is 2.50. The Morgan fingerprint density at radius 1 is 1.41 bits per heavy atom. The molecule has 0 aliphatic heterocycles. The molecule has 0 radical (unpaired) electrons. The van der Waals surface area contributed by atoms with E-state index in [1.165, 1.54) is 12.1 Å². The van der Waals surface area contributed by atoms with E-state index in [1.807, 2.05) is 20.1 Å². The quantitative estimate of drug-likeness (QED) is 0.588. The molecule has 1 aromatic carbocycles. The van der Waals surface area contributed by atoms with Crippen LogP contribution < -0.4 is 5.32 Å². The van der Waals surface area contributed by atoms with Gasteiger partial charge in [0.2, 0.25) is 0 Å². The first-order chi connectivity index (χ1) is 10.5. The van der Waals surface area contributed by atoms with Gasteiger partial charge in [-0.1, -0.05) is 12.1 Å². The number of amides is 2. The molecular formula is C15H23N3O3S. The molecule has 1 aromatic rings. The first-order valence-corrected chi connectivity index (χ1v) is 8.65. The second kappa shape index (κ2) is 9.30. The maximum absolute atomic E-state index is 12.2. The molecule has 1 unspecified atom stereocenters. The molecule has 0 fully saturated rings. The van der Waals surface area contributed by atoms with Crippen LogP contribution in [0.5, 0.6) is 0 Å². The number of hydrogen-bond acceptors (Lipinski definition) is 4. The van der Waals surface area contributed by atoms with Gasteiger partial charge in [-0.25, -0.2) is 4.79 Å². The van der Waals surface area contributed by atoms with Gasteiger partial charge in [-0.2, -0.15) is 11.8 Å². The van der Waals surface area contributed by atoms with Crippen LogP contribution in [-0.2, 0) is 6.54 Å². The number of carbonyl (C=O) groups is 1. The summed E-state index contributed by atoms with van der Waals surface area (Å²) in [5, 5.41) is 13.6. The highest BCUT2D eigenvalue weighted by Crippen LogP contribution is 2.13. The number of nitrogens with zero attached hydrogens (tertiary/aromatic N) is 2. The normalized spacial score (nSPS) is 11.8. The summed E-state index contributed by atoms with van der Waals surface area (Å²) in [5.74, 6) is 1.01. The predicted octanol–water partition coefficient (Wildman–Crippen LogP) is 3.27. The average molecular weight is 325 g/mol. The Labute approximate surface area is 135 Å². The third-order valence-electron chi connectivity index (χ3n) is 3.31. The van der Waals surface area contributed by atoms with E-state index in [1.54, 1.807) is 28.8 Å². The summed E-state index contributed by atoms with van der Waals surface area (Å²) in [7, 11) is 0. The van der Waals surface area contributed by atoms with Crippen molar-refractivity contribution in [1.82, 2.24) is 10.2 Å². The lowest BCUT2D eigenvalue weighted by Gasteiger charge is -2.24. The maximum Gasteiger partial charge on any atom is 0.317 e. The van der Waals surface area contributed by atoms with Crippen molar-refractivity contribution in [3.63, 3.8) is 0 Å². The zero-order valence-corrected chi connectivity index (χ0v) is 14.1. The largest absolute Gasteiger partial charge is 0.335 e. The molecule has 7 heteroatoms. The predicted molar refractivity (Wildman–Crippen MR) is 90.2 cm³/mol. The molecule has 1 rings (SSSR count). The van der Waals surface area contributed by atoms with Crippen LogP contribution in [0.4, 0.5) is 10.5 Å². The third kappa shape index (κ3) is 5.93. The zero-order valence-electron chi connectivity index (χ0n) is 13.2. The van der Waals surface area contributed by atoms with E-state index in [-0.39, 0.29) is 17.8 Å². The molecule has 1 atom stereocenters. The Morgan fingerprint density at radius 2 is 2.05 bits per heavy atom. The number of thioether (sulfide) groups is 1. The summed E-state index contributed by atoms with van der Waals surface area (Å²) >= 11 is 1.76. The van der Waals surface area contributed by atoms with E-state index >= 15 is 0 Å². The van der Waals surface area contributed by atoms with Gasteiger partial charge in [-0.3, -0.25) is 10.1 Å². The summed E-state index contributed by atoms with van der Waals surface area (Å²) < 4.78 is 0. The van der Waals surface area contributed by atoms with Crippen molar-refractivity contribution in [2.45, 2.75) is 32.9 Å². The number of nitro groups is 1. The van der Waals surface area contributed by atoms with E-state index in [9.17, 15) is 14.9 Å². The van der Waals surface area contributed by atoms with E-state index in [2.05, 4.69) is 5.32 Å². The first kappa shape index (κ1) is 18.3. The highest BCUT2D eigenvalue weighted by Gasteiger charge is 2.15. The topological polar surface area (TPSA) is 75.5 Å². The number of non-ortho nitro benzene ring substituents is 1. The lowest BCUT2D eigenvalue weighted by Crippen LogP contribution is -2.43. The Kier molecular flexibility index (Phi) is 7.73. The summed E-state index contributed by atoms with van der Waals surface area (Å²) in [5.41, 5.74) is 0.932. The van der Waals surface area contributed by atoms with Crippen molar-refractivity contribution in [2.24, 2.45) is 0 Å². The summed E-state index contributed by atoms with van der Waals surface area (Å²) in [4.78, 5) is 24.1. The fourth-order valence-electron chi connectivity index (χ4n) is 1.94. The number of hydrogen-bond donors (Lipinski definition) is 1. The summed E-state index contributed by atoms with van der Waals surface area (Å²) in [6.45, 7) is 4.93. The second-order valence-corrected chi connectivity index (χ2v) is 6.06. The van der Waals surface area contributed by atoms with Gasteiger partial charge in [0.25, 0.3) is 5.69 Å². The monoisotopic (exact) mass is 325 g/mol. The first-order valence-electron chi connectivity index (χ1n) is 7.25. The summed E-state index contributed by atoms with van der Waals surface area (Å²) in [6.07, 6.45) is 2.98. The number of rotatable bonds is 8. The molecule has 0 heterocycles. The molecule has 2 amide bonds. The third-order valence-corrected chi connectivity index (χ3v) is 3.96. The fourth-order valence-corrected chi connectivity index (χ4v) is 2.53. The van der Waals surface area contributed by atoms with Crippen LogP contribution in [0.1, 0.15) is 25.8 Å². The van der Waals surface area contributed by atoms with E-state index in [0.717, 1.165) is 17.7 Å². The van der Waals surface area contributed by atoms with Crippen molar-refractivity contribution in [3.05, 3.63) is 39.9 Å². The van der Waals surface area contributed by atoms with Gasteiger partial charge >= 0.3 is 6.03 Å². The van der Waals surface area contributed by atoms with Crippen molar-refractivity contribution in [3.8, 4) is 0 Å². The highest BCUT2D eigenvalue weighted by molar-refractivity contribution is 7.98. The van der Waals surface area contributed by atoms with Crippen molar-refractivity contribution in [2.75, 3.05) is 18.6 Å². The van der Waals surface area contributed by atoms with Gasteiger partial charge in [0.1, 0.15) is 0 Å².